The van der Waals surface area contributed by atoms with E-state index in [1.165, 1.54) is 12.8 Å². The third-order valence-corrected chi connectivity index (χ3v) is 3.68. The van der Waals surface area contributed by atoms with Crippen LogP contribution in [0.25, 0.3) is 0 Å². The normalized spacial score (nSPS) is 18.9. The van der Waals surface area contributed by atoms with Gasteiger partial charge in [0, 0.05) is 24.8 Å². The van der Waals surface area contributed by atoms with E-state index in [4.69, 9.17) is 0 Å². The fourth-order valence-corrected chi connectivity index (χ4v) is 2.66. The first-order chi connectivity index (χ1) is 9.81. The zero-order chi connectivity index (χ0) is 13.8. The van der Waals surface area contributed by atoms with Crippen LogP contribution >= 0.6 is 0 Å². The van der Waals surface area contributed by atoms with Gasteiger partial charge >= 0.3 is 0 Å². The lowest BCUT2D eigenvalue weighted by Crippen LogP contribution is -2.34. The Hall–Kier alpha value is -2.10. The molecule has 1 aliphatic heterocycles. The molecule has 1 atom stereocenters. The minimum absolute atomic E-state index is 0.740. The monoisotopic (exact) mass is 268 g/mol. The quantitative estimate of drug-likeness (QED) is 0.925. The second-order valence-electron chi connectivity index (χ2n) is 5.45. The van der Waals surface area contributed by atoms with E-state index in [9.17, 15) is 0 Å². The summed E-state index contributed by atoms with van der Waals surface area (Å²) in [6.07, 6.45) is 4.20. The zero-order valence-corrected chi connectivity index (χ0v) is 11.8. The summed E-state index contributed by atoms with van der Waals surface area (Å²) in [7, 11) is 0. The molecule has 1 unspecified atom stereocenters. The molecule has 2 heterocycles. The summed E-state index contributed by atoms with van der Waals surface area (Å²) in [4.78, 5) is 11.1. The van der Waals surface area contributed by atoms with Gasteiger partial charge in [-0.05, 0) is 30.9 Å². The molecule has 0 aliphatic carbocycles. The molecule has 104 valence electrons. The van der Waals surface area contributed by atoms with E-state index >= 15 is 0 Å². The molecule has 4 nitrogen and oxygen atoms in total. The second-order valence-corrected chi connectivity index (χ2v) is 5.45. The van der Waals surface area contributed by atoms with Crippen molar-refractivity contribution in [2.24, 2.45) is 5.92 Å². The van der Waals surface area contributed by atoms with Crippen LogP contribution in [0.5, 0.6) is 0 Å². The molecule has 0 amide bonds. The standard InChI is InChI=1S/C16H20N4/c1-13-6-5-9-20(11-13)16-10-15(17-12-18-16)19-14-7-3-2-4-8-14/h2-4,7-8,10,12-13H,5-6,9,11H2,1H3,(H,17,18,19). The number of piperidine rings is 1. The van der Waals surface area contributed by atoms with Crippen molar-refractivity contribution in [1.82, 2.24) is 9.97 Å². The average Bonchev–Trinajstić information content (AvgIpc) is 2.49. The molecule has 20 heavy (non-hydrogen) atoms. The maximum Gasteiger partial charge on any atom is 0.135 e. The van der Waals surface area contributed by atoms with E-state index in [1.54, 1.807) is 6.33 Å². The summed E-state index contributed by atoms with van der Waals surface area (Å²) in [5, 5.41) is 3.32. The minimum Gasteiger partial charge on any atom is -0.356 e. The summed E-state index contributed by atoms with van der Waals surface area (Å²) in [5.41, 5.74) is 1.05. The number of aromatic nitrogens is 2. The SMILES string of the molecule is CC1CCCN(c2cc(Nc3ccccc3)ncn2)C1. The first-order valence-electron chi connectivity index (χ1n) is 7.20. The second kappa shape index (κ2) is 5.90. The van der Waals surface area contributed by atoms with Gasteiger partial charge in [0.2, 0.25) is 0 Å². The Kier molecular flexibility index (Phi) is 3.81. The predicted octanol–water partition coefficient (Wildman–Crippen LogP) is 3.46. The largest absolute Gasteiger partial charge is 0.356 e. The van der Waals surface area contributed by atoms with E-state index in [0.29, 0.717) is 0 Å². The predicted molar refractivity (Wildman–Crippen MR) is 82.4 cm³/mol. The molecule has 1 aliphatic rings. The summed E-state index contributed by atoms with van der Waals surface area (Å²) in [6, 6.07) is 12.1. The van der Waals surface area contributed by atoms with E-state index in [0.717, 1.165) is 36.3 Å². The third kappa shape index (κ3) is 3.07. The van der Waals surface area contributed by atoms with Crippen LogP contribution in [0.15, 0.2) is 42.7 Å². The van der Waals surface area contributed by atoms with Gasteiger partial charge < -0.3 is 10.2 Å². The maximum atomic E-state index is 4.41. The van der Waals surface area contributed by atoms with Gasteiger partial charge in [0.25, 0.3) is 0 Å². The molecule has 4 heteroatoms. The highest BCUT2D eigenvalue weighted by Gasteiger charge is 2.17. The highest BCUT2D eigenvalue weighted by Crippen LogP contribution is 2.23. The van der Waals surface area contributed by atoms with E-state index < -0.39 is 0 Å². The first kappa shape index (κ1) is 12.9. The Bertz CT molecular complexity index is 555. The zero-order valence-electron chi connectivity index (χ0n) is 11.8. The summed E-state index contributed by atoms with van der Waals surface area (Å²) in [6.45, 7) is 4.48. The Morgan fingerprint density at radius 2 is 2.05 bits per heavy atom. The van der Waals surface area contributed by atoms with Gasteiger partial charge in [-0.25, -0.2) is 9.97 Å². The number of nitrogens with one attached hydrogen (secondary N) is 1. The lowest BCUT2D eigenvalue weighted by atomic mass is 10.0. The molecule has 2 aromatic rings. The van der Waals surface area contributed by atoms with Gasteiger partial charge in [0.05, 0.1) is 0 Å². The average molecular weight is 268 g/mol. The van der Waals surface area contributed by atoms with Crippen LogP contribution in [0.3, 0.4) is 0 Å². The van der Waals surface area contributed by atoms with Crippen LogP contribution in [0.2, 0.25) is 0 Å². The van der Waals surface area contributed by atoms with Crippen molar-refractivity contribution < 1.29 is 0 Å². The van der Waals surface area contributed by atoms with Crippen LogP contribution in [-0.2, 0) is 0 Å². The van der Waals surface area contributed by atoms with Gasteiger partial charge in [-0.2, -0.15) is 0 Å². The van der Waals surface area contributed by atoms with Crippen LogP contribution in [0.4, 0.5) is 17.3 Å². The Labute approximate surface area is 119 Å². The first-order valence-corrected chi connectivity index (χ1v) is 7.20. The van der Waals surface area contributed by atoms with Gasteiger partial charge in [-0.15, -0.1) is 0 Å². The van der Waals surface area contributed by atoms with Crippen molar-refractivity contribution in [3.05, 3.63) is 42.7 Å². The van der Waals surface area contributed by atoms with E-state index in [2.05, 4.69) is 27.1 Å². The van der Waals surface area contributed by atoms with E-state index in [-0.39, 0.29) is 0 Å². The van der Waals surface area contributed by atoms with Gasteiger partial charge in [-0.1, -0.05) is 25.1 Å². The van der Waals surface area contributed by atoms with Crippen molar-refractivity contribution in [1.29, 1.82) is 0 Å². The molecular formula is C16H20N4. The minimum atomic E-state index is 0.740. The van der Waals surface area contributed by atoms with Crippen molar-refractivity contribution >= 4 is 17.3 Å². The molecule has 1 saturated heterocycles. The number of para-hydroxylation sites is 1. The molecule has 1 N–H and O–H groups in total. The lowest BCUT2D eigenvalue weighted by Gasteiger charge is -2.31. The molecule has 1 fully saturated rings. The Morgan fingerprint density at radius 3 is 2.85 bits per heavy atom. The topological polar surface area (TPSA) is 41.0 Å². The Balaban J connectivity index is 1.75. The van der Waals surface area contributed by atoms with Crippen molar-refractivity contribution in [2.45, 2.75) is 19.8 Å². The highest BCUT2D eigenvalue weighted by molar-refractivity contribution is 5.59. The van der Waals surface area contributed by atoms with Crippen LogP contribution < -0.4 is 10.2 Å². The number of anilines is 3. The summed E-state index contributed by atoms with van der Waals surface area (Å²) in [5.74, 6) is 2.61. The fourth-order valence-electron chi connectivity index (χ4n) is 2.66. The van der Waals surface area contributed by atoms with Crippen LogP contribution in [0, 0.1) is 5.92 Å². The molecule has 0 spiro atoms. The Morgan fingerprint density at radius 1 is 1.20 bits per heavy atom. The van der Waals surface area contributed by atoms with Gasteiger partial charge in [0.1, 0.15) is 18.0 Å². The lowest BCUT2D eigenvalue weighted by molar-refractivity contribution is 0.444. The van der Waals surface area contributed by atoms with Gasteiger partial charge in [-0.3, -0.25) is 0 Å². The number of rotatable bonds is 3. The fraction of sp³-hybridized carbons (Fsp3) is 0.375. The molecule has 3 rings (SSSR count). The van der Waals surface area contributed by atoms with Crippen molar-refractivity contribution in [3.63, 3.8) is 0 Å². The van der Waals surface area contributed by atoms with Crippen molar-refractivity contribution in [3.8, 4) is 0 Å². The van der Waals surface area contributed by atoms with Crippen LogP contribution in [0.1, 0.15) is 19.8 Å². The van der Waals surface area contributed by atoms with Crippen LogP contribution in [-0.4, -0.2) is 23.1 Å². The third-order valence-electron chi connectivity index (χ3n) is 3.68. The highest BCUT2D eigenvalue weighted by atomic mass is 15.2. The molecule has 0 radical (unpaired) electrons. The molecular weight excluding hydrogens is 248 g/mol. The van der Waals surface area contributed by atoms with Crippen molar-refractivity contribution in [2.75, 3.05) is 23.3 Å². The molecule has 0 saturated carbocycles. The molecule has 0 bridgehead atoms. The number of hydrogen-bond acceptors (Lipinski definition) is 4. The molecule has 1 aromatic carbocycles. The summed E-state index contributed by atoms with van der Waals surface area (Å²) < 4.78 is 0. The number of nitrogens with zero attached hydrogens (tertiary/aromatic N) is 3. The number of hydrogen-bond donors (Lipinski definition) is 1. The number of benzene rings is 1. The summed E-state index contributed by atoms with van der Waals surface area (Å²) >= 11 is 0. The maximum absolute atomic E-state index is 4.41. The molecule has 1 aromatic heterocycles. The smallest absolute Gasteiger partial charge is 0.135 e. The van der Waals surface area contributed by atoms with E-state index in [1.807, 2.05) is 36.4 Å². The van der Waals surface area contributed by atoms with Gasteiger partial charge in [0.15, 0.2) is 0 Å².